The minimum atomic E-state index is 0.157. The summed E-state index contributed by atoms with van der Waals surface area (Å²) in [5.41, 5.74) is 2.48. The Morgan fingerprint density at radius 3 is 2.65 bits per heavy atom. The normalized spacial score (nSPS) is 12.2. The van der Waals surface area contributed by atoms with Crippen LogP contribution < -0.4 is 0 Å². The van der Waals surface area contributed by atoms with Gasteiger partial charge in [-0.15, -0.1) is 10.2 Å². The Kier molecular flexibility index (Phi) is 3.08. The first-order valence-electron chi connectivity index (χ1n) is 6.87. The van der Waals surface area contributed by atoms with Crippen molar-refractivity contribution in [3.8, 4) is 0 Å². The van der Waals surface area contributed by atoms with Gasteiger partial charge >= 0.3 is 0 Å². The fourth-order valence-electron chi connectivity index (χ4n) is 2.33. The van der Waals surface area contributed by atoms with E-state index in [0.717, 1.165) is 11.9 Å². The number of H-pyrrole nitrogens is 1. The zero-order valence-electron chi connectivity index (χ0n) is 12.1. The van der Waals surface area contributed by atoms with Crippen LogP contribution in [0.5, 0.6) is 0 Å². The van der Waals surface area contributed by atoms with Crippen molar-refractivity contribution >= 4 is 10.9 Å². The number of aromatic amines is 1. The van der Waals surface area contributed by atoms with Crippen LogP contribution >= 0.6 is 0 Å². The second-order valence-electron chi connectivity index (χ2n) is 6.36. The third-order valence-electron chi connectivity index (χ3n) is 3.21. The van der Waals surface area contributed by atoms with Crippen molar-refractivity contribution in [1.82, 2.24) is 15.2 Å². The molecule has 4 heteroatoms. The Morgan fingerprint density at radius 2 is 1.85 bits per heavy atom. The summed E-state index contributed by atoms with van der Waals surface area (Å²) in [5.74, 6) is 1.39. The summed E-state index contributed by atoms with van der Waals surface area (Å²) in [4.78, 5) is 3.26. The lowest BCUT2D eigenvalue weighted by atomic mass is 9.92. The summed E-state index contributed by atoms with van der Waals surface area (Å²) in [6.45, 7) is 6.49. The predicted octanol–water partition coefficient (Wildman–Crippen LogP) is 3.73. The van der Waals surface area contributed by atoms with Crippen LogP contribution in [-0.4, -0.2) is 15.2 Å². The summed E-state index contributed by atoms with van der Waals surface area (Å²) in [6.07, 6.45) is 3.48. The lowest BCUT2D eigenvalue weighted by Crippen LogP contribution is -2.09. The van der Waals surface area contributed by atoms with E-state index in [2.05, 4.69) is 48.1 Å². The molecule has 0 fully saturated rings. The minimum Gasteiger partial charge on any atom is -0.425 e. The summed E-state index contributed by atoms with van der Waals surface area (Å²) in [7, 11) is 0. The van der Waals surface area contributed by atoms with Crippen LogP contribution in [0.25, 0.3) is 10.9 Å². The highest BCUT2D eigenvalue weighted by Gasteiger charge is 2.17. The van der Waals surface area contributed by atoms with Crippen LogP contribution in [0.1, 0.15) is 38.1 Å². The Balaban J connectivity index is 1.81. The number of nitrogens with zero attached hydrogens (tertiary/aromatic N) is 2. The summed E-state index contributed by atoms with van der Waals surface area (Å²) < 4.78 is 5.75. The maximum absolute atomic E-state index is 5.75. The molecule has 2 aromatic heterocycles. The van der Waals surface area contributed by atoms with E-state index in [4.69, 9.17) is 4.42 Å². The highest BCUT2D eigenvalue weighted by atomic mass is 16.4. The van der Waals surface area contributed by atoms with E-state index in [0.29, 0.717) is 18.2 Å². The first-order valence-corrected chi connectivity index (χ1v) is 6.87. The first kappa shape index (κ1) is 12.9. The maximum atomic E-state index is 5.75. The van der Waals surface area contributed by atoms with Crippen LogP contribution in [-0.2, 0) is 12.8 Å². The molecule has 0 aliphatic carbocycles. The highest BCUT2D eigenvalue weighted by molar-refractivity contribution is 5.83. The van der Waals surface area contributed by atoms with Gasteiger partial charge in [0.15, 0.2) is 0 Å². The van der Waals surface area contributed by atoms with Crippen molar-refractivity contribution in [2.75, 3.05) is 0 Å². The highest BCUT2D eigenvalue weighted by Crippen LogP contribution is 2.22. The van der Waals surface area contributed by atoms with Gasteiger partial charge in [0.1, 0.15) is 0 Å². The molecule has 0 saturated carbocycles. The number of nitrogens with one attached hydrogen (secondary N) is 1. The van der Waals surface area contributed by atoms with Gasteiger partial charge in [-0.3, -0.25) is 0 Å². The molecule has 20 heavy (non-hydrogen) atoms. The monoisotopic (exact) mass is 269 g/mol. The van der Waals surface area contributed by atoms with Gasteiger partial charge in [-0.1, -0.05) is 39.0 Å². The number of benzene rings is 1. The topological polar surface area (TPSA) is 54.7 Å². The molecule has 1 aromatic carbocycles. The molecule has 0 spiro atoms. The largest absolute Gasteiger partial charge is 0.425 e. The fraction of sp³-hybridized carbons (Fsp3) is 0.375. The number of para-hydroxylation sites is 1. The van der Waals surface area contributed by atoms with Crippen molar-refractivity contribution < 1.29 is 4.42 Å². The van der Waals surface area contributed by atoms with Gasteiger partial charge in [0.25, 0.3) is 0 Å². The lowest BCUT2D eigenvalue weighted by Gasteiger charge is -2.14. The Morgan fingerprint density at radius 1 is 1.10 bits per heavy atom. The second-order valence-corrected chi connectivity index (χ2v) is 6.36. The van der Waals surface area contributed by atoms with Crippen molar-refractivity contribution in [3.05, 3.63) is 47.8 Å². The smallest absolute Gasteiger partial charge is 0.221 e. The maximum Gasteiger partial charge on any atom is 0.221 e. The average molecular weight is 269 g/mol. The van der Waals surface area contributed by atoms with E-state index >= 15 is 0 Å². The standard InChI is InChI=1S/C16H19N3O/c1-16(2,3)9-15-19-18-14(20-15)8-11-10-17-13-7-5-4-6-12(11)13/h4-7,10,17H,8-9H2,1-3H3. The van der Waals surface area contributed by atoms with Crippen LogP contribution in [0.15, 0.2) is 34.9 Å². The predicted molar refractivity (Wildman–Crippen MR) is 78.6 cm³/mol. The Bertz CT molecular complexity index is 718. The van der Waals surface area contributed by atoms with Crippen molar-refractivity contribution in [3.63, 3.8) is 0 Å². The molecule has 0 aliphatic heterocycles. The molecule has 3 aromatic rings. The third kappa shape index (κ3) is 2.74. The lowest BCUT2D eigenvalue weighted by molar-refractivity contribution is 0.347. The second kappa shape index (κ2) is 4.78. The van der Waals surface area contributed by atoms with Crippen molar-refractivity contribution in [2.45, 2.75) is 33.6 Å². The summed E-state index contributed by atoms with van der Waals surface area (Å²) >= 11 is 0. The average Bonchev–Trinajstić information content (AvgIpc) is 2.96. The molecule has 104 valence electrons. The Hall–Kier alpha value is -2.10. The number of aromatic nitrogens is 3. The van der Waals surface area contributed by atoms with E-state index in [9.17, 15) is 0 Å². The zero-order valence-corrected chi connectivity index (χ0v) is 12.1. The SMILES string of the molecule is CC(C)(C)Cc1nnc(Cc2c[nH]c3ccccc23)o1. The van der Waals surface area contributed by atoms with E-state index in [-0.39, 0.29) is 5.41 Å². The van der Waals surface area contributed by atoms with Gasteiger partial charge in [0.2, 0.25) is 11.8 Å². The Labute approximate surface area is 118 Å². The number of rotatable bonds is 3. The zero-order chi connectivity index (χ0) is 14.2. The molecule has 0 aliphatic rings. The molecule has 0 unspecified atom stereocenters. The first-order chi connectivity index (χ1) is 9.51. The molecule has 2 heterocycles. The fourth-order valence-corrected chi connectivity index (χ4v) is 2.33. The van der Waals surface area contributed by atoms with Gasteiger partial charge < -0.3 is 9.40 Å². The summed E-state index contributed by atoms with van der Waals surface area (Å²) in [5, 5.41) is 9.50. The summed E-state index contributed by atoms with van der Waals surface area (Å²) in [6, 6.07) is 8.24. The molecule has 0 atom stereocenters. The molecule has 0 saturated heterocycles. The van der Waals surface area contributed by atoms with Crippen LogP contribution in [0.4, 0.5) is 0 Å². The molecular formula is C16H19N3O. The van der Waals surface area contributed by atoms with Gasteiger partial charge in [-0.2, -0.15) is 0 Å². The van der Waals surface area contributed by atoms with Crippen LogP contribution in [0, 0.1) is 5.41 Å². The quantitative estimate of drug-likeness (QED) is 0.788. The number of fused-ring (bicyclic) bond motifs is 1. The number of hydrogen-bond acceptors (Lipinski definition) is 3. The molecule has 1 N–H and O–H groups in total. The molecule has 3 rings (SSSR count). The van der Waals surface area contributed by atoms with Crippen LogP contribution in [0.3, 0.4) is 0 Å². The van der Waals surface area contributed by atoms with Gasteiger partial charge in [-0.25, -0.2) is 0 Å². The van der Waals surface area contributed by atoms with E-state index in [1.165, 1.54) is 10.9 Å². The molecule has 4 nitrogen and oxygen atoms in total. The third-order valence-corrected chi connectivity index (χ3v) is 3.21. The molecule has 0 amide bonds. The van der Waals surface area contributed by atoms with Gasteiger partial charge in [0, 0.05) is 23.5 Å². The van der Waals surface area contributed by atoms with E-state index in [1.807, 2.05) is 18.3 Å². The van der Waals surface area contributed by atoms with Gasteiger partial charge in [0.05, 0.1) is 6.42 Å². The molecule has 0 bridgehead atoms. The number of hydrogen-bond donors (Lipinski definition) is 1. The minimum absolute atomic E-state index is 0.157. The molecular weight excluding hydrogens is 250 g/mol. The van der Waals surface area contributed by atoms with Crippen molar-refractivity contribution in [2.24, 2.45) is 5.41 Å². The molecule has 0 radical (unpaired) electrons. The van der Waals surface area contributed by atoms with E-state index in [1.54, 1.807) is 0 Å². The van der Waals surface area contributed by atoms with Crippen molar-refractivity contribution in [1.29, 1.82) is 0 Å². The van der Waals surface area contributed by atoms with Crippen LogP contribution in [0.2, 0.25) is 0 Å². The van der Waals surface area contributed by atoms with E-state index < -0.39 is 0 Å². The van der Waals surface area contributed by atoms with Gasteiger partial charge in [-0.05, 0) is 17.0 Å².